The van der Waals surface area contributed by atoms with Crippen LogP contribution >= 0.6 is 0 Å². The Morgan fingerprint density at radius 2 is 2.00 bits per heavy atom. The minimum Gasteiger partial charge on any atom is -0.393 e. The molecule has 0 amide bonds. The van der Waals surface area contributed by atoms with E-state index in [0.717, 1.165) is 25.6 Å². The van der Waals surface area contributed by atoms with Crippen LogP contribution in [0.3, 0.4) is 0 Å². The number of aliphatic hydroxyl groups is 1. The van der Waals surface area contributed by atoms with Gasteiger partial charge in [0.2, 0.25) is 0 Å². The maximum absolute atomic E-state index is 10.3. The SMILES string of the molecule is CCN1CCCC1CN(C)CC1CC(C)(C)CCC1O. The maximum atomic E-state index is 10.3. The fraction of sp³-hybridized carbons (Fsp3) is 1.00. The molecule has 0 aromatic rings. The van der Waals surface area contributed by atoms with Crippen LogP contribution < -0.4 is 0 Å². The zero-order valence-corrected chi connectivity index (χ0v) is 13.9. The van der Waals surface area contributed by atoms with Gasteiger partial charge in [-0.15, -0.1) is 0 Å². The van der Waals surface area contributed by atoms with Crippen LogP contribution in [-0.2, 0) is 0 Å². The lowest BCUT2D eigenvalue weighted by molar-refractivity contribution is 0.00523. The average molecular weight is 282 g/mol. The molecule has 3 atom stereocenters. The van der Waals surface area contributed by atoms with Crippen LogP contribution in [0.5, 0.6) is 0 Å². The summed E-state index contributed by atoms with van der Waals surface area (Å²) in [6.45, 7) is 11.6. The molecule has 3 unspecified atom stereocenters. The second-order valence-electron chi connectivity index (χ2n) is 7.88. The first kappa shape index (κ1) is 16.3. The summed E-state index contributed by atoms with van der Waals surface area (Å²) in [6.07, 6.45) is 5.93. The van der Waals surface area contributed by atoms with Crippen molar-refractivity contribution in [3.8, 4) is 0 Å². The molecule has 2 aliphatic rings. The number of aliphatic hydroxyl groups excluding tert-OH is 1. The second-order valence-corrected chi connectivity index (χ2v) is 7.88. The van der Waals surface area contributed by atoms with Gasteiger partial charge in [-0.3, -0.25) is 4.90 Å². The van der Waals surface area contributed by atoms with Crippen molar-refractivity contribution < 1.29 is 5.11 Å². The molecular weight excluding hydrogens is 248 g/mol. The lowest BCUT2D eigenvalue weighted by Gasteiger charge is -2.40. The number of likely N-dealkylation sites (tertiary alicyclic amines) is 1. The Labute approximate surface area is 125 Å². The van der Waals surface area contributed by atoms with Crippen LogP contribution in [0.4, 0.5) is 0 Å². The fourth-order valence-electron chi connectivity index (χ4n) is 4.26. The molecule has 1 heterocycles. The van der Waals surface area contributed by atoms with E-state index in [1.807, 2.05) is 0 Å². The Kier molecular flexibility index (Phi) is 5.49. The zero-order valence-electron chi connectivity index (χ0n) is 13.9. The van der Waals surface area contributed by atoms with Gasteiger partial charge >= 0.3 is 0 Å². The molecule has 1 saturated heterocycles. The predicted octanol–water partition coefficient (Wildman–Crippen LogP) is 2.59. The van der Waals surface area contributed by atoms with Crippen LogP contribution in [0.2, 0.25) is 0 Å². The van der Waals surface area contributed by atoms with Gasteiger partial charge in [-0.2, -0.15) is 0 Å². The summed E-state index contributed by atoms with van der Waals surface area (Å²) in [7, 11) is 2.24. The van der Waals surface area contributed by atoms with E-state index in [1.165, 1.54) is 38.8 Å². The van der Waals surface area contributed by atoms with Gasteiger partial charge in [0, 0.05) is 19.1 Å². The zero-order chi connectivity index (χ0) is 14.8. The second kappa shape index (κ2) is 6.76. The third kappa shape index (κ3) is 4.19. The largest absolute Gasteiger partial charge is 0.393 e. The van der Waals surface area contributed by atoms with Crippen molar-refractivity contribution in [2.24, 2.45) is 11.3 Å². The third-order valence-electron chi connectivity index (χ3n) is 5.45. The smallest absolute Gasteiger partial charge is 0.0581 e. The van der Waals surface area contributed by atoms with Gasteiger partial charge in [-0.05, 0) is 63.6 Å². The highest BCUT2D eigenvalue weighted by Gasteiger charge is 2.34. The molecule has 1 N–H and O–H groups in total. The van der Waals surface area contributed by atoms with Gasteiger partial charge in [-0.1, -0.05) is 20.8 Å². The van der Waals surface area contributed by atoms with Crippen molar-refractivity contribution in [3.63, 3.8) is 0 Å². The van der Waals surface area contributed by atoms with Crippen LogP contribution in [0.1, 0.15) is 52.9 Å². The van der Waals surface area contributed by atoms with Crippen LogP contribution in [0.25, 0.3) is 0 Å². The summed E-state index contributed by atoms with van der Waals surface area (Å²) in [6, 6.07) is 0.735. The maximum Gasteiger partial charge on any atom is 0.0581 e. The first-order chi connectivity index (χ1) is 9.41. The van der Waals surface area contributed by atoms with Gasteiger partial charge in [-0.25, -0.2) is 0 Å². The quantitative estimate of drug-likeness (QED) is 0.839. The predicted molar refractivity (Wildman–Crippen MR) is 84.9 cm³/mol. The van der Waals surface area contributed by atoms with E-state index in [0.29, 0.717) is 11.3 Å². The third-order valence-corrected chi connectivity index (χ3v) is 5.45. The Morgan fingerprint density at radius 1 is 1.25 bits per heavy atom. The van der Waals surface area contributed by atoms with Crippen molar-refractivity contribution in [1.82, 2.24) is 9.80 Å². The molecule has 0 bridgehead atoms. The molecule has 0 aromatic heterocycles. The molecule has 118 valence electrons. The Hall–Kier alpha value is -0.120. The highest BCUT2D eigenvalue weighted by Crippen LogP contribution is 2.39. The van der Waals surface area contributed by atoms with E-state index >= 15 is 0 Å². The van der Waals surface area contributed by atoms with Crippen LogP contribution in [0.15, 0.2) is 0 Å². The molecule has 0 aromatic carbocycles. The minimum absolute atomic E-state index is 0.0867. The number of likely N-dealkylation sites (N-methyl/N-ethyl adjacent to an activating group) is 2. The Balaban J connectivity index is 1.82. The molecule has 1 aliphatic carbocycles. The number of hydrogen-bond donors (Lipinski definition) is 1. The molecule has 0 spiro atoms. The van der Waals surface area contributed by atoms with E-state index in [9.17, 15) is 5.11 Å². The summed E-state index contributed by atoms with van der Waals surface area (Å²) in [5.41, 5.74) is 0.410. The lowest BCUT2D eigenvalue weighted by atomic mass is 9.71. The minimum atomic E-state index is -0.0867. The van der Waals surface area contributed by atoms with E-state index in [4.69, 9.17) is 0 Å². The molecule has 3 heteroatoms. The van der Waals surface area contributed by atoms with Crippen molar-refractivity contribution in [2.45, 2.75) is 65.0 Å². The average Bonchev–Trinajstić information content (AvgIpc) is 2.80. The van der Waals surface area contributed by atoms with Gasteiger partial charge in [0.1, 0.15) is 0 Å². The van der Waals surface area contributed by atoms with Gasteiger partial charge < -0.3 is 10.0 Å². The molecular formula is C17H34N2O. The number of rotatable bonds is 5. The van der Waals surface area contributed by atoms with Gasteiger partial charge in [0.15, 0.2) is 0 Å². The number of hydrogen-bond acceptors (Lipinski definition) is 3. The summed E-state index contributed by atoms with van der Waals surface area (Å²) < 4.78 is 0. The molecule has 2 rings (SSSR count). The highest BCUT2D eigenvalue weighted by molar-refractivity contribution is 4.87. The summed E-state index contributed by atoms with van der Waals surface area (Å²) in [5, 5.41) is 10.3. The number of nitrogens with zero attached hydrogens (tertiary/aromatic N) is 2. The molecule has 0 radical (unpaired) electrons. The molecule has 20 heavy (non-hydrogen) atoms. The van der Waals surface area contributed by atoms with Crippen molar-refractivity contribution in [1.29, 1.82) is 0 Å². The normalized spacial score (nSPS) is 34.8. The standard InChI is InChI=1S/C17H34N2O/c1-5-19-10-6-7-15(19)13-18(4)12-14-11-17(2,3)9-8-16(14)20/h14-16,20H,5-13H2,1-4H3. The Bertz CT molecular complexity index is 305. The molecule has 1 aliphatic heterocycles. The van der Waals surface area contributed by atoms with E-state index in [2.05, 4.69) is 37.6 Å². The Morgan fingerprint density at radius 3 is 2.70 bits per heavy atom. The van der Waals surface area contributed by atoms with E-state index < -0.39 is 0 Å². The molecule has 1 saturated carbocycles. The molecule has 3 nitrogen and oxygen atoms in total. The van der Waals surface area contributed by atoms with Gasteiger partial charge in [0.25, 0.3) is 0 Å². The molecule has 2 fully saturated rings. The van der Waals surface area contributed by atoms with Gasteiger partial charge in [0.05, 0.1) is 6.10 Å². The highest BCUT2D eigenvalue weighted by atomic mass is 16.3. The fourth-order valence-corrected chi connectivity index (χ4v) is 4.26. The summed E-state index contributed by atoms with van der Waals surface area (Å²) in [5.74, 6) is 0.459. The first-order valence-electron chi connectivity index (χ1n) is 8.52. The van der Waals surface area contributed by atoms with Crippen LogP contribution in [0, 0.1) is 11.3 Å². The van der Waals surface area contributed by atoms with Crippen molar-refractivity contribution in [2.75, 3.05) is 33.2 Å². The van der Waals surface area contributed by atoms with Crippen LogP contribution in [-0.4, -0.2) is 60.3 Å². The summed E-state index contributed by atoms with van der Waals surface area (Å²) in [4.78, 5) is 5.08. The lowest BCUT2D eigenvalue weighted by Crippen LogP contribution is -2.44. The van der Waals surface area contributed by atoms with E-state index in [-0.39, 0.29) is 6.10 Å². The van der Waals surface area contributed by atoms with Crippen molar-refractivity contribution in [3.05, 3.63) is 0 Å². The topological polar surface area (TPSA) is 26.7 Å². The first-order valence-corrected chi connectivity index (χ1v) is 8.52. The monoisotopic (exact) mass is 282 g/mol. The van der Waals surface area contributed by atoms with Crippen molar-refractivity contribution >= 4 is 0 Å². The summed E-state index contributed by atoms with van der Waals surface area (Å²) >= 11 is 0. The van der Waals surface area contributed by atoms with E-state index in [1.54, 1.807) is 0 Å².